The maximum Gasteiger partial charge on any atom is 0.491 e. The molecule has 1 heterocycles. The number of rotatable bonds is 2. The smallest absolute Gasteiger partial charge is 0.457 e. The lowest BCUT2D eigenvalue weighted by atomic mass is 9.79. The summed E-state index contributed by atoms with van der Waals surface area (Å²) < 4.78 is 26.7. The highest BCUT2D eigenvalue weighted by Gasteiger charge is 2.28. The van der Waals surface area contributed by atoms with Gasteiger partial charge in [0.05, 0.1) is 15.9 Å². The van der Waals surface area contributed by atoms with Crippen LogP contribution in [0.1, 0.15) is 25.0 Å². The van der Waals surface area contributed by atoms with E-state index < -0.39 is 13.7 Å². The Morgan fingerprint density at radius 3 is 2.59 bits per heavy atom. The minimum absolute atomic E-state index is 0.266. The van der Waals surface area contributed by atoms with E-state index in [1.54, 1.807) is 24.3 Å². The Balaban J connectivity index is 2.04. The average molecular weight is 295 g/mol. The number of ether oxygens (including phenoxy) is 1. The van der Waals surface area contributed by atoms with Gasteiger partial charge in [-0.05, 0) is 66.7 Å². The van der Waals surface area contributed by atoms with Gasteiger partial charge in [-0.3, -0.25) is 0 Å². The number of aryl methyl sites for hydroxylation is 3. The zero-order chi connectivity index (χ0) is 17.6. The summed E-state index contributed by atoms with van der Waals surface area (Å²) in [6.07, 6.45) is 0. The summed E-state index contributed by atoms with van der Waals surface area (Å²) in [6, 6.07) is 6.82. The average Bonchev–Trinajstić information content (AvgIpc) is 2.72. The molecule has 0 spiro atoms. The second-order valence-corrected chi connectivity index (χ2v) is 5.40. The quantitative estimate of drug-likeness (QED) is 0.683. The van der Waals surface area contributed by atoms with Crippen LogP contribution < -0.4 is 10.2 Å². The number of hydrogen-bond donors (Lipinski definition) is 1. The van der Waals surface area contributed by atoms with Crippen LogP contribution in [-0.4, -0.2) is 12.1 Å². The van der Waals surface area contributed by atoms with Crippen molar-refractivity contribution >= 4 is 18.3 Å². The predicted octanol–water partition coefficient (Wildman–Crippen LogP) is 3.17. The van der Waals surface area contributed by atoms with Crippen LogP contribution in [0.5, 0.6) is 11.5 Å². The first-order valence-electron chi connectivity index (χ1n) is 7.90. The molecule has 4 nitrogen and oxygen atoms in total. The largest absolute Gasteiger partial charge is 0.491 e. The highest BCUT2D eigenvalue weighted by molar-refractivity contribution is 6.61. The van der Waals surface area contributed by atoms with Crippen molar-refractivity contribution in [3.05, 3.63) is 57.9 Å². The van der Waals surface area contributed by atoms with Crippen molar-refractivity contribution in [2.45, 2.75) is 27.3 Å². The van der Waals surface area contributed by atoms with Crippen LogP contribution in [0, 0.1) is 27.3 Å². The normalized spacial score (nSPS) is 16.6. The van der Waals surface area contributed by atoms with Gasteiger partial charge in [0.2, 0.25) is 0 Å². The van der Waals surface area contributed by atoms with E-state index in [1.807, 2.05) is 20.8 Å². The standard InChI is InChI=1S/C17H16BNO3/c1-10-7-16(12(3)6-15(10)19-4)22-17-8-13-9-21-18(20)14(13)5-11(17)2/h5-8,20H,9H2,1-3H3/i9D2. The summed E-state index contributed by atoms with van der Waals surface area (Å²) in [6.45, 7) is 10.6. The maximum atomic E-state index is 9.83. The van der Waals surface area contributed by atoms with Gasteiger partial charge >= 0.3 is 7.12 Å². The van der Waals surface area contributed by atoms with E-state index in [0.29, 0.717) is 22.6 Å². The van der Waals surface area contributed by atoms with E-state index in [9.17, 15) is 5.02 Å². The first-order valence-corrected chi connectivity index (χ1v) is 6.90. The molecular formula is C17H16BNO3. The zero-order valence-electron chi connectivity index (χ0n) is 14.6. The summed E-state index contributed by atoms with van der Waals surface area (Å²) in [5.74, 6) is 1.11. The van der Waals surface area contributed by atoms with Gasteiger partial charge in [-0.25, -0.2) is 4.85 Å². The fourth-order valence-electron chi connectivity index (χ4n) is 2.42. The van der Waals surface area contributed by atoms with E-state index in [4.69, 9.17) is 18.7 Å². The lowest BCUT2D eigenvalue weighted by Crippen LogP contribution is -2.28. The Hall–Kier alpha value is -2.29. The molecule has 1 N–H and O–H groups in total. The van der Waals surface area contributed by atoms with Crippen LogP contribution in [-0.2, 0) is 11.2 Å². The van der Waals surface area contributed by atoms with Crippen LogP contribution in [0.25, 0.3) is 4.85 Å². The molecule has 2 aromatic rings. The summed E-state index contributed by atoms with van der Waals surface area (Å²) in [5, 5.41) is 9.83. The molecule has 2 aromatic carbocycles. The second kappa shape index (κ2) is 5.49. The van der Waals surface area contributed by atoms with Gasteiger partial charge in [-0.1, -0.05) is 6.07 Å². The molecule has 0 unspecified atom stereocenters. The highest BCUT2D eigenvalue weighted by atomic mass is 16.5. The van der Waals surface area contributed by atoms with E-state index in [2.05, 4.69) is 4.85 Å². The van der Waals surface area contributed by atoms with Gasteiger partial charge in [0.1, 0.15) is 11.5 Å². The van der Waals surface area contributed by atoms with Gasteiger partial charge < -0.3 is 14.4 Å². The van der Waals surface area contributed by atoms with Gasteiger partial charge in [0.15, 0.2) is 5.69 Å². The molecule has 0 saturated heterocycles. The van der Waals surface area contributed by atoms with Crippen molar-refractivity contribution in [2.24, 2.45) is 0 Å². The first kappa shape index (κ1) is 12.3. The fraction of sp³-hybridized carbons (Fsp3) is 0.235. The summed E-state index contributed by atoms with van der Waals surface area (Å²) in [7, 11) is -1.27. The lowest BCUT2D eigenvalue weighted by Gasteiger charge is -2.14. The van der Waals surface area contributed by atoms with E-state index in [0.717, 1.165) is 16.7 Å². The van der Waals surface area contributed by atoms with Crippen molar-refractivity contribution in [3.8, 4) is 11.5 Å². The Morgan fingerprint density at radius 1 is 1.18 bits per heavy atom. The molecule has 0 aliphatic carbocycles. The van der Waals surface area contributed by atoms with Crippen LogP contribution in [0.15, 0.2) is 24.3 Å². The molecule has 1 aliphatic heterocycles. The molecule has 5 heteroatoms. The molecule has 0 aromatic heterocycles. The predicted molar refractivity (Wildman–Crippen MR) is 85.8 cm³/mol. The third-order valence-corrected chi connectivity index (χ3v) is 3.73. The molecule has 0 radical (unpaired) electrons. The Kier molecular flexibility index (Phi) is 3.06. The fourth-order valence-corrected chi connectivity index (χ4v) is 2.42. The van der Waals surface area contributed by atoms with Gasteiger partial charge in [0.25, 0.3) is 0 Å². The van der Waals surface area contributed by atoms with Crippen LogP contribution in [0.2, 0.25) is 0 Å². The molecule has 0 fully saturated rings. The molecule has 0 saturated carbocycles. The summed E-state index contributed by atoms with van der Waals surface area (Å²) in [4.78, 5) is 3.47. The molecule has 0 bridgehead atoms. The molecule has 1 aliphatic rings. The van der Waals surface area contributed by atoms with Crippen LogP contribution in [0.3, 0.4) is 0 Å². The Bertz CT molecular complexity index is 877. The number of nitrogens with zero attached hydrogens (tertiary/aromatic N) is 1. The van der Waals surface area contributed by atoms with Crippen molar-refractivity contribution in [1.29, 1.82) is 0 Å². The molecule has 0 atom stereocenters. The number of hydrogen-bond acceptors (Lipinski definition) is 3. The number of benzene rings is 2. The maximum absolute atomic E-state index is 9.83. The van der Waals surface area contributed by atoms with Crippen molar-refractivity contribution in [1.82, 2.24) is 0 Å². The summed E-state index contributed by atoms with van der Waals surface area (Å²) >= 11 is 0. The number of fused-ring (bicyclic) bond motifs is 1. The minimum atomic E-state index is -2.06. The van der Waals surface area contributed by atoms with Crippen LogP contribution in [0.4, 0.5) is 5.69 Å². The SMILES string of the molecule is [2H]C1([2H])OB(O)c2cc(C)c(Oc3cc(C)c([N+]#[C-])cc3C)cc21. The Labute approximate surface area is 133 Å². The van der Waals surface area contributed by atoms with Gasteiger partial charge in [-0.15, -0.1) is 0 Å². The van der Waals surface area contributed by atoms with Crippen molar-refractivity contribution in [3.63, 3.8) is 0 Å². The third kappa shape index (κ3) is 2.48. The topological polar surface area (TPSA) is 43.0 Å². The molecule has 0 amide bonds. The van der Waals surface area contributed by atoms with Crippen LogP contribution >= 0.6 is 0 Å². The van der Waals surface area contributed by atoms with E-state index >= 15 is 0 Å². The van der Waals surface area contributed by atoms with Crippen molar-refractivity contribution < 1.29 is 17.2 Å². The second-order valence-electron chi connectivity index (χ2n) is 5.40. The molecular weight excluding hydrogens is 277 g/mol. The van der Waals surface area contributed by atoms with Gasteiger partial charge in [0, 0.05) is 0 Å². The van der Waals surface area contributed by atoms with Gasteiger partial charge in [-0.2, -0.15) is 0 Å². The molecule has 110 valence electrons. The van der Waals surface area contributed by atoms with E-state index in [1.165, 1.54) is 0 Å². The summed E-state index contributed by atoms with van der Waals surface area (Å²) in [5.41, 5.74) is 3.67. The van der Waals surface area contributed by atoms with Crippen molar-refractivity contribution in [2.75, 3.05) is 0 Å². The third-order valence-electron chi connectivity index (χ3n) is 3.73. The molecule has 22 heavy (non-hydrogen) atoms. The lowest BCUT2D eigenvalue weighted by molar-refractivity contribution is 0.275. The first-order chi connectivity index (χ1) is 11.2. The van der Waals surface area contributed by atoms with E-state index in [-0.39, 0.29) is 5.56 Å². The Morgan fingerprint density at radius 2 is 1.86 bits per heavy atom. The molecule has 3 rings (SSSR count). The zero-order valence-corrected chi connectivity index (χ0v) is 12.6. The minimum Gasteiger partial charge on any atom is -0.457 e. The monoisotopic (exact) mass is 295 g/mol. The highest BCUT2D eigenvalue weighted by Crippen LogP contribution is 2.33.